The molecule has 3 N–H and O–H groups in total. The second-order valence-electron chi connectivity index (χ2n) is 8.13. The highest BCUT2D eigenvalue weighted by molar-refractivity contribution is 5.94. The van der Waals surface area contributed by atoms with Gasteiger partial charge in [-0.15, -0.1) is 0 Å². The minimum Gasteiger partial charge on any atom is -0.353 e. The van der Waals surface area contributed by atoms with Crippen LogP contribution in [-0.4, -0.2) is 43.8 Å². The van der Waals surface area contributed by atoms with Crippen LogP contribution in [0, 0.1) is 10.8 Å². The summed E-state index contributed by atoms with van der Waals surface area (Å²) in [6, 6.07) is -0.826. The van der Waals surface area contributed by atoms with E-state index in [9.17, 15) is 14.4 Å². The molecule has 6 heteroatoms. The Balaban J connectivity index is 4.89. The zero-order valence-electron chi connectivity index (χ0n) is 15.6. The highest BCUT2D eigenvalue weighted by Gasteiger charge is 2.30. The zero-order chi connectivity index (χ0) is 18.3. The fourth-order valence-electron chi connectivity index (χ4n) is 1.86. The summed E-state index contributed by atoms with van der Waals surface area (Å²) in [7, 11) is 1.79. The number of ketones is 1. The molecule has 0 spiro atoms. The van der Waals surface area contributed by atoms with Crippen molar-refractivity contribution in [1.29, 1.82) is 0 Å². The Bertz CT molecular complexity index is 420. The smallest absolute Gasteiger partial charge is 0.243 e. The number of amides is 2. The van der Waals surface area contributed by atoms with Gasteiger partial charge >= 0.3 is 0 Å². The van der Waals surface area contributed by atoms with Gasteiger partial charge < -0.3 is 16.0 Å². The minimum absolute atomic E-state index is 0.00473. The number of carbonyl (C=O) groups is 3. The van der Waals surface area contributed by atoms with E-state index in [4.69, 9.17) is 0 Å². The van der Waals surface area contributed by atoms with Crippen molar-refractivity contribution in [3.63, 3.8) is 0 Å². The van der Waals surface area contributed by atoms with Crippen molar-refractivity contribution in [1.82, 2.24) is 16.0 Å². The molecule has 0 aliphatic heterocycles. The molecule has 134 valence electrons. The monoisotopic (exact) mass is 327 g/mol. The fourth-order valence-corrected chi connectivity index (χ4v) is 1.86. The summed E-state index contributed by atoms with van der Waals surface area (Å²) >= 11 is 0. The number of Topliss-reactive ketones (excluding diaryl/α,β-unsaturated/α-hetero) is 1. The summed E-state index contributed by atoms with van der Waals surface area (Å²) in [5, 5.41) is 8.38. The second-order valence-corrected chi connectivity index (χ2v) is 8.13. The standard InChI is InChI=1S/C17H33N3O3/c1-16(2,3)11-14(22)20-12(10-13(21)17(4,5)6)15(23)19-9-8-18-7/h12,18H,8-11H2,1-7H3,(H,19,23)(H,20,22). The van der Waals surface area contributed by atoms with Crippen molar-refractivity contribution >= 4 is 17.6 Å². The molecular formula is C17H33N3O3. The van der Waals surface area contributed by atoms with Crippen LogP contribution in [0.5, 0.6) is 0 Å². The van der Waals surface area contributed by atoms with Crippen LogP contribution >= 0.6 is 0 Å². The van der Waals surface area contributed by atoms with Gasteiger partial charge in [0.2, 0.25) is 11.8 Å². The van der Waals surface area contributed by atoms with Crippen LogP contribution in [0.3, 0.4) is 0 Å². The van der Waals surface area contributed by atoms with Gasteiger partial charge in [0.05, 0.1) is 0 Å². The molecule has 1 atom stereocenters. The summed E-state index contributed by atoms with van der Waals surface area (Å²) in [5.74, 6) is -0.588. The highest BCUT2D eigenvalue weighted by Crippen LogP contribution is 2.20. The van der Waals surface area contributed by atoms with Crippen LogP contribution in [0.4, 0.5) is 0 Å². The van der Waals surface area contributed by atoms with Crippen LogP contribution in [-0.2, 0) is 14.4 Å². The molecule has 0 aromatic heterocycles. The van der Waals surface area contributed by atoms with Crippen molar-refractivity contribution in [2.45, 2.75) is 60.4 Å². The van der Waals surface area contributed by atoms with Gasteiger partial charge in [0.1, 0.15) is 11.8 Å². The average Bonchev–Trinajstić information content (AvgIpc) is 2.34. The lowest BCUT2D eigenvalue weighted by molar-refractivity contribution is -0.134. The van der Waals surface area contributed by atoms with Crippen LogP contribution < -0.4 is 16.0 Å². The van der Waals surface area contributed by atoms with E-state index in [-0.39, 0.29) is 29.4 Å². The Morgan fingerprint density at radius 2 is 1.52 bits per heavy atom. The minimum atomic E-state index is -0.826. The number of rotatable bonds is 8. The first-order valence-corrected chi connectivity index (χ1v) is 8.12. The summed E-state index contributed by atoms with van der Waals surface area (Å²) < 4.78 is 0. The number of carbonyl (C=O) groups excluding carboxylic acids is 3. The lowest BCUT2D eigenvalue weighted by Crippen LogP contribution is -2.50. The predicted molar refractivity (Wildman–Crippen MR) is 92.0 cm³/mol. The molecule has 0 rings (SSSR count). The van der Waals surface area contributed by atoms with Crippen molar-refractivity contribution in [2.24, 2.45) is 10.8 Å². The zero-order valence-corrected chi connectivity index (χ0v) is 15.6. The van der Waals surface area contributed by atoms with Crippen LogP contribution in [0.25, 0.3) is 0 Å². The molecule has 1 unspecified atom stereocenters. The summed E-state index contributed by atoms with van der Waals surface area (Å²) in [6.07, 6.45) is 0.307. The van der Waals surface area contributed by atoms with Crippen LogP contribution in [0.1, 0.15) is 54.4 Å². The molecule has 0 heterocycles. The molecule has 0 saturated heterocycles. The Morgan fingerprint density at radius 3 is 1.96 bits per heavy atom. The Kier molecular flexibility index (Phi) is 8.45. The molecule has 0 fully saturated rings. The highest BCUT2D eigenvalue weighted by atomic mass is 16.2. The third-order valence-electron chi connectivity index (χ3n) is 3.24. The van der Waals surface area contributed by atoms with Gasteiger partial charge in [0.25, 0.3) is 0 Å². The second kappa shape index (κ2) is 9.01. The van der Waals surface area contributed by atoms with Gasteiger partial charge in [-0.05, 0) is 12.5 Å². The van der Waals surface area contributed by atoms with E-state index < -0.39 is 11.5 Å². The van der Waals surface area contributed by atoms with Crippen molar-refractivity contribution in [3.8, 4) is 0 Å². The Hall–Kier alpha value is -1.43. The van der Waals surface area contributed by atoms with E-state index >= 15 is 0 Å². The first kappa shape index (κ1) is 21.6. The van der Waals surface area contributed by atoms with E-state index in [1.54, 1.807) is 7.05 Å². The van der Waals surface area contributed by atoms with Crippen LogP contribution in [0.15, 0.2) is 0 Å². The van der Waals surface area contributed by atoms with E-state index in [1.165, 1.54) is 0 Å². The summed E-state index contributed by atoms with van der Waals surface area (Å²) in [5.41, 5.74) is -0.719. The number of hydrogen-bond donors (Lipinski definition) is 3. The topological polar surface area (TPSA) is 87.3 Å². The molecule has 6 nitrogen and oxygen atoms in total. The largest absolute Gasteiger partial charge is 0.353 e. The fraction of sp³-hybridized carbons (Fsp3) is 0.824. The summed E-state index contributed by atoms with van der Waals surface area (Å²) in [4.78, 5) is 36.6. The third-order valence-corrected chi connectivity index (χ3v) is 3.24. The van der Waals surface area contributed by atoms with Gasteiger partial charge in [0, 0.05) is 31.3 Å². The first-order chi connectivity index (χ1) is 10.4. The lowest BCUT2D eigenvalue weighted by atomic mass is 9.86. The third kappa shape index (κ3) is 10.0. The normalized spacial score (nSPS) is 13.3. The molecule has 0 aromatic rings. The molecule has 2 amide bonds. The molecule has 0 saturated carbocycles. The quantitative estimate of drug-likeness (QED) is 0.586. The van der Waals surface area contributed by atoms with Gasteiger partial charge in [-0.25, -0.2) is 0 Å². The van der Waals surface area contributed by atoms with Gasteiger partial charge in [-0.2, -0.15) is 0 Å². The van der Waals surface area contributed by atoms with E-state index in [1.807, 2.05) is 41.5 Å². The molecule has 0 aromatic carbocycles. The van der Waals surface area contributed by atoms with Crippen molar-refractivity contribution < 1.29 is 14.4 Å². The van der Waals surface area contributed by atoms with Crippen molar-refractivity contribution in [3.05, 3.63) is 0 Å². The van der Waals surface area contributed by atoms with E-state index in [2.05, 4.69) is 16.0 Å². The SMILES string of the molecule is CNCCNC(=O)C(CC(=O)C(C)(C)C)NC(=O)CC(C)(C)C. The summed E-state index contributed by atoms with van der Waals surface area (Å²) in [6.45, 7) is 12.4. The Morgan fingerprint density at radius 1 is 0.957 bits per heavy atom. The lowest BCUT2D eigenvalue weighted by Gasteiger charge is -2.24. The van der Waals surface area contributed by atoms with Gasteiger partial charge in [-0.3, -0.25) is 14.4 Å². The van der Waals surface area contributed by atoms with Gasteiger partial charge in [0.15, 0.2) is 0 Å². The maximum Gasteiger partial charge on any atom is 0.243 e. The van der Waals surface area contributed by atoms with E-state index in [0.717, 1.165) is 0 Å². The molecule has 0 radical (unpaired) electrons. The molecule has 23 heavy (non-hydrogen) atoms. The van der Waals surface area contributed by atoms with Crippen molar-refractivity contribution in [2.75, 3.05) is 20.1 Å². The maximum absolute atomic E-state index is 12.3. The Labute approximate surface area is 140 Å². The van der Waals surface area contributed by atoms with E-state index in [0.29, 0.717) is 19.5 Å². The average molecular weight is 327 g/mol. The predicted octanol–water partition coefficient (Wildman–Crippen LogP) is 1.25. The molecule has 0 bridgehead atoms. The molecule has 0 aliphatic carbocycles. The number of likely N-dealkylation sites (N-methyl/N-ethyl adjacent to an activating group) is 1. The maximum atomic E-state index is 12.3. The molecule has 0 aliphatic rings. The number of nitrogens with one attached hydrogen (secondary N) is 3. The first-order valence-electron chi connectivity index (χ1n) is 8.12. The number of hydrogen-bond acceptors (Lipinski definition) is 4. The van der Waals surface area contributed by atoms with Gasteiger partial charge in [-0.1, -0.05) is 41.5 Å². The van der Waals surface area contributed by atoms with Crippen LogP contribution in [0.2, 0.25) is 0 Å². The molecular weight excluding hydrogens is 294 g/mol.